The maximum Gasteiger partial charge on any atom is 0.114 e. The third-order valence-electron chi connectivity index (χ3n) is 1.35. The number of nitrogens with zero attached hydrogens (tertiary/aromatic N) is 2. The first-order valence-electron chi connectivity index (χ1n) is 3.09. The predicted molar refractivity (Wildman–Crippen MR) is 45.6 cm³/mol. The summed E-state index contributed by atoms with van der Waals surface area (Å²) in [6, 6.07) is 3.63. The highest BCUT2D eigenvalue weighted by atomic mass is 32.1. The van der Waals surface area contributed by atoms with E-state index in [1.807, 2.05) is 19.3 Å². The molecule has 1 aromatic rings. The average Bonchev–Trinajstić information content (AvgIpc) is 1.99. The number of aromatic nitrogens is 1. The summed E-state index contributed by atoms with van der Waals surface area (Å²) in [5.41, 5.74) is 0.743. The van der Waals surface area contributed by atoms with Gasteiger partial charge < -0.3 is 9.77 Å². The summed E-state index contributed by atoms with van der Waals surface area (Å²) in [5, 5.41) is 11.2. The fraction of sp³-hybridized carbons (Fsp3) is 0.143. The maximum atomic E-state index is 8.25. The molecule has 0 atom stereocenters. The van der Waals surface area contributed by atoms with E-state index in [4.69, 9.17) is 17.4 Å². The molecule has 1 rings (SSSR count). The van der Waals surface area contributed by atoms with Gasteiger partial charge in [-0.05, 0) is 12.1 Å². The molecular weight excluding hydrogens is 160 g/mol. The molecule has 0 bridgehead atoms. The van der Waals surface area contributed by atoms with Crippen LogP contribution in [0, 0.1) is 4.64 Å². The number of oxime groups is 1. The van der Waals surface area contributed by atoms with E-state index in [1.165, 1.54) is 6.21 Å². The van der Waals surface area contributed by atoms with Crippen LogP contribution in [0.3, 0.4) is 0 Å². The Hall–Kier alpha value is -1.16. The molecule has 0 aliphatic rings. The molecule has 0 aliphatic heterocycles. The van der Waals surface area contributed by atoms with Gasteiger partial charge in [0.25, 0.3) is 0 Å². The molecule has 58 valence electrons. The molecule has 0 aliphatic carbocycles. The van der Waals surface area contributed by atoms with E-state index in [2.05, 4.69) is 5.16 Å². The smallest absolute Gasteiger partial charge is 0.114 e. The SMILES string of the molecule is Cn1cccc(/C=N/O)c1=S. The molecule has 1 heterocycles. The lowest BCUT2D eigenvalue weighted by Crippen LogP contribution is -1.94. The van der Waals surface area contributed by atoms with Crippen LogP contribution in [0.5, 0.6) is 0 Å². The normalized spacial score (nSPS) is 10.6. The fourth-order valence-corrected chi connectivity index (χ4v) is 0.960. The standard InChI is InChI=1S/C7H8N2OS/c1-9-4-2-3-6(5-8-10)7(9)11/h2-5,10H,1H3/b8-5+. The van der Waals surface area contributed by atoms with E-state index >= 15 is 0 Å². The first-order chi connectivity index (χ1) is 5.25. The number of rotatable bonds is 1. The molecule has 1 aromatic heterocycles. The van der Waals surface area contributed by atoms with Crippen molar-refractivity contribution in [1.82, 2.24) is 4.57 Å². The number of aryl methyl sites for hydroxylation is 1. The Labute approximate surface area is 69.6 Å². The van der Waals surface area contributed by atoms with Crippen LogP contribution in [-0.2, 0) is 7.05 Å². The molecule has 0 amide bonds. The minimum absolute atomic E-state index is 0.658. The van der Waals surface area contributed by atoms with Crippen LogP contribution >= 0.6 is 12.2 Å². The van der Waals surface area contributed by atoms with Gasteiger partial charge in [0.05, 0.1) is 6.21 Å². The van der Waals surface area contributed by atoms with E-state index < -0.39 is 0 Å². The lowest BCUT2D eigenvalue weighted by atomic mass is 10.3. The van der Waals surface area contributed by atoms with Crippen molar-refractivity contribution < 1.29 is 5.21 Å². The second-order valence-corrected chi connectivity index (χ2v) is 2.51. The molecule has 0 radical (unpaired) electrons. The zero-order valence-electron chi connectivity index (χ0n) is 6.06. The largest absolute Gasteiger partial charge is 0.411 e. The van der Waals surface area contributed by atoms with Crippen molar-refractivity contribution in [3.8, 4) is 0 Å². The van der Waals surface area contributed by atoms with Crippen LogP contribution in [0.15, 0.2) is 23.5 Å². The van der Waals surface area contributed by atoms with E-state index in [9.17, 15) is 0 Å². The average molecular weight is 168 g/mol. The topological polar surface area (TPSA) is 37.5 Å². The van der Waals surface area contributed by atoms with Gasteiger partial charge in [-0.15, -0.1) is 0 Å². The number of hydrogen-bond acceptors (Lipinski definition) is 3. The zero-order valence-corrected chi connectivity index (χ0v) is 6.88. The van der Waals surface area contributed by atoms with Crippen molar-refractivity contribution in [2.24, 2.45) is 12.2 Å². The van der Waals surface area contributed by atoms with Crippen molar-refractivity contribution in [2.45, 2.75) is 0 Å². The van der Waals surface area contributed by atoms with Crippen molar-refractivity contribution in [3.63, 3.8) is 0 Å². The minimum atomic E-state index is 0.658. The molecular formula is C7H8N2OS. The van der Waals surface area contributed by atoms with Gasteiger partial charge >= 0.3 is 0 Å². The maximum absolute atomic E-state index is 8.25. The lowest BCUT2D eigenvalue weighted by molar-refractivity contribution is 0.322. The van der Waals surface area contributed by atoms with Gasteiger partial charge in [0.15, 0.2) is 0 Å². The Morgan fingerprint density at radius 3 is 3.09 bits per heavy atom. The lowest BCUT2D eigenvalue weighted by Gasteiger charge is -1.98. The molecule has 3 nitrogen and oxygen atoms in total. The van der Waals surface area contributed by atoms with Crippen LogP contribution < -0.4 is 0 Å². The Morgan fingerprint density at radius 2 is 2.45 bits per heavy atom. The summed E-state index contributed by atoms with van der Waals surface area (Å²) in [7, 11) is 1.84. The van der Waals surface area contributed by atoms with Crippen LogP contribution in [0.1, 0.15) is 5.56 Å². The van der Waals surface area contributed by atoms with Crippen molar-refractivity contribution >= 4 is 18.4 Å². The molecule has 1 N–H and O–H groups in total. The van der Waals surface area contributed by atoms with E-state index in [1.54, 1.807) is 10.6 Å². The fourth-order valence-electron chi connectivity index (χ4n) is 0.779. The first kappa shape index (κ1) is 7.94. The van der Waals surface area contributed by atoms with Crippen molar-refractivity contribution in [2.75, 3.05) is 0 Å². The third-order valence-corrected chi connectivity index (χ3v) is 1.87. The van der Waals surface area contributed by atoms with Gasteiger partial charge in [0, 0.05) is 18.8 Å². The van der Waals surface area contributed by atoms with Crippen LogP contribution in [0.25, 0.3) is 0 Å². The molecule has 0 saturated heterocycles. The van der Waals surface area contributed by atoms with Gasteiger partial charge in [-0.2, -0.15) is 0 Å². The van der Waals surface area contributed by atoms with Gasteiger partial charge in [0.1, 0.15) is 4.64 Å². The molecule has 0 aromatic carbocycles. The van der Waals surface area contributed by atoms with Gasteiger partial charge in [-0.3, -0.25) is 0 Å². The second-order valence-electron chi connectivity index (χ2n) is 2.12. The number of hydrogen-bond donors (Lipinski definition) is 1. The first-order valence-corrected chi connectivity index (χ1v) is 3.49. The van der Waals surface area contributed by atoms with E-state index in [0.29, 0.717) is 4.64 Å². The third kappa shape index (κ3) is 1.65. The zero-order chi connectivity index (χ0) is 8.27. The summed E-state index contributed by atoms with van der Waals surface area (Å²) in [4.78, 5) is 0. The van der Waals surface area contributed by atoms with Crippen LogP contribution in [-0.4, -0.2) is 16.0 Å². The van der Waals surface area contributed by atoms with Gasteiger partial charge in [-0.1, -0.05) is 17.4 Å². The quantitative estimate of drug-likeness (QED) is 0.299. The summed E-state index contributed by atoms with van der Waals surface area (Å²) in [6.07, 6.45) is 3.17. The monoisotopic (exact) mass is 168 g/mol. The van der Waals surface area contributed by atoms with Crippen molar-refractivity contribution in [3.05, 3.63) is 28.5 Å². The highest BCUT2D eigenvalue weighted by Gasteiger charge is 1.91. The Kier molecular flexibility index (Phi) is 2.38. The van der Waals surface area contributed by atoms with E-state index in [-0.39, 0.29) is 0 Å². The summed E-state index contributed by atoms with van der Waals surface area (Å²) < 4.78 is 2.44. The van der Waals surface area contributed by atoms with Crippen molar-refractivity contribution in [1.29, 1.82) is 0 Å². The van der Waals surface area contributed by atoms with Gasteiger partial charge in [0.2, 0.25) is 0 Å². The van der Waals surface area contributed by atoms with Crippen LogP contribution in [0.2, 0.25) is 0 Å². The Morgan fingerprint density at radius 1 is 1.73 bits per heavy atom. The highest BCUT2D eigenvalue weighted by molar-refractivity contribution is 7.71. The predicted octanol–water partition coefficient (Wildman–Crippen LogP) is 1.56. The second kappa shape index (κ2) is 3.30. The molecule has 0 unspecified atom stereocenters. The molecule has 0 fully saturated rings. The molecule has 11 heavy (non-hydrogen) atoms. The minimum Gasteiger partial charge on any atom is -0.411 e. The number of pyridine rings is 1. The summed E-state index contributed by atoms with van der Waals surface area (Å²) in [6.45, 7) is 0. The molecule has 4 heteroatoms. The molecule has 0 saturated carbocycles. The Bertz CT molecular complexity index is 329. The summed E-state index contributed by atoms with van der Waals surface area (Å²) in [5.74, 6) is 0. The van der Waals surface area contributed by atoms with Gasteiger partial charge in [-0.25, -0.2) is 0 Å². The molecule has 0 spiro atoms. The van der Waals surface area contributed by atoms with E-state index in [0.717, 1.165) is 5.56 Å². The Balaban J connectivity index is 3.28. The van der Waals surface area contributed by atoms with Crippen LogP contribution in [0.4, 0.5) is 0 Å². The summed E-state index contributed by atoms with van der Waals surface area (Å²) >= 11 is 5.02. The highest BCUT2D eigenvalue weighted by Crippen LogP contribution is 1.98.